The van der Waals surface area contributed by atoms with E-state index in [0.29, 0.717) is 0 Å². The predicted molar refractivity (Wildman–Crippen MR) is 116 cm³/mol. The van der Waals surface area contributed by atoms with Crippen molar-refractivity contribution in [2.24, 2.45) is 0 Å². The molecule has 0 fully saturated rings. The molecule has 0 aromatic rings. The molecule has 0 aliphatic rings. The molecule has 0 aliphatic heterocycles. The quantitative estimate of drug-likeness (QED) is 0.179. The Labute approximate surface area is 197 Å². The van der Waals surface area contributed by atoms with E-state index < -0.39 is 5.97 Å². The Bertz CT molecular complexity index is 355. The van der Waals surface area contributed by atoms with Crippen LogP contribution in [0, 0.1) is 0 Å². The number of carbonyl (C=O) groups is 1. The van der Waals surface area contributed by atoms with Crippen molar-refractivity contribution in [1.82, 2.24) is 4.90 Å². The van der Waals surface area contributed by atoms with E-state index in [1.165, 1.54) is 64.2 Å². The zero-order chi connectivity index (χ0) is 20.0. The summed E-state index contributed by atoms with van der Waals surface area (Å²) >= 11 is 0. The molecule has 0 N–H and O–H groups in total. The van der Waals surface area contributed by atoms with Gasteiger partial charge in [0.15, 0.2) is 0 Å². The molecule has 0 saturated carbocycles. The monoisotopic (exact) mass is 401 g/mol. The molecule has 0 saturated heterocycles. The number of allylic oxidation sites excluding steroid dienone is 4. The first-order valence-electron chi connectivity index (χ1n) is 11.4. The number of rotatable bonds is 20. The fourth-order valence-corrected chi connectivity index (χ4v) is 3.12. The van der Waals surface area contributed by atoms with Gasteiger partial charge in [-0.3, -0.25) is 4.90 Å². The van der Waals surface area contributed by atoms with Crippen LogP contribution in [0.2, 0.25) is 0 Å². The molecule has 0 unspecified atom stereocenters. The van der Waals surface area contributed by atoms with Crippen LogP contribution in [-0.2, 0) is 4.79 Å². The second kappa shape index (κ2) is 24.9. The van der Waals surface area contributed by atoms with Gasteiger partial charge in [-0.15, -0.1) is 0 Å². The zero-order valence-corrected chi connectivity index (χ0v) is 21.1. The van der Waals surface area contributed by atoms with E-state index in [0.717, 1.165) is 38.8 Å². The molecule has 0 aromatic heterocycles. The van der Waals surface area contributed by atoms with Crippen molar-refractivity contribution < 1.29 is 39.5 Å². The van der Waals surface area contributed by atoms with Crippen LogP contribution in [0.15, 0.2) is 24.3 Å². The Morgan fingerprint density at radius 1 is 0.679 bits per heavy atom. The van der Waals surface area contributed by atoms with Crippen molar-refractivity contribution in [1.29, 1.82) is 0 Å². The van der Waals surface area contributed by atoms with Gasteiger partial charge in [-0.2, -0.15) is 0 Å². The van der Waals surface area contributed by atoms with Crippen LogP contribution in [-0.4, -0.2) is 30.5 Å². The Balaban J connectivity index is 0. The minimum Gasteiger partial charge on any atom is -0.549 e. The minimum absolute atomic E-state index is 0. The molecule has 0 rings (SSSR count). The maximum atomic E-state index is 11.0. The van der Waals surface area contributed by atoms with Crippen LogP contribution in [0.4, 0.5) is 0 Å². The molecule has 0 amide bonds. The summed E-state index contributed by atoms with van der Waals surface area (Å²) in [6, 6.07) is 0. The molecule has 3 nitrogen and oxygen atoms in total. The minimum atomic E-state index is -0.951. The van der Waals surface area contributed by atoms with E-state index >= 15 is 0 Å². The van der Waals surface area contributed by atoms with Crippen molar-refractivity contribution in [2.45, 2.75) is 104 Å². The predicted octanol–water partition coefficient (Wildman–Crippen LogP) is 2.66. The van der Waals surface area contributed by atoms with Gasteiger partial charge in [0, 0.05) is 6.54 Å². The molecule has 4 heteroatoms. The number of unbranched alkanes of at least 4 members (excludes halogenated alkanes) is 10. The normalized spacial score (nSPS) is 11.5. The van der Waals surface area contributed by atoms with E-state index in [9.17, 15) is 9.90 Å². The Morgan fingerprint density at radius 3 is 1.43 bits per heavy atom. The van der Waals surface area contributed by atoms with Crippen LogP contribution in [0.5, 0.6) is 0 Å². The van der Waals surface area contributed by atoms with E-state index in [4.69, 9.17) is 0 Å². The van der Waals surface area contributed by atoms with Gasteiger partial charge in [-0.1, -0.05) is 76.7 Å². The van der Waals surface area contributed by atoms with Crippen LogP contribution in [0.25, 0.3) is 0 Å². The summed E-state index contributed by atoms with van der Waals surface area (Å²) in [7, 11) is 0. The number of carboxylic acid groups (broad SMARTS) is 1. The summed E-state index contributed by atoms with van der Waals surface area (Å²) in [6.07, 6.45) is 25.9. The zero-order valence-electron chi connectivity index (χ0n) is 19.1. The molecular formula is C24H44NNaO2. The number of aliphatic carboxylic acids is 1. The average molecular weight is 402 g/mol. The van der Waals surface area contributed by atoms with E-state index in [1.807, 2.05) is 0 Å². The Morgan fingerprint density at radius 2 is 1.07 bits per heavy atom. The van der Waals surface area contributed by atoms with Gasteiger partial charge in [0.2, 0.25) is 0 Å². The number of hydrogen-bond donors (Lipinski definition) is 0. The van der Waals surface area contributed by atoms with Gasteiger partial charge < -0.3 is 9.90 Å². The summed E-state index contributed by atoms with van der Waals surface area (Å²) < 4.78 is 0. The number of carbonyl (C=O) groups excluding carboxylic acids is 1. The van der Waals surface area contributed by atoms with Gasteiger partial charge >= 0.3 is 29.6 Å². The van der Waals surface area contributed by atoms with Crippen molar-refractivity contribution in [2.75, 3.05) is 19.6 Å². The summed E-state index contributed by atoms with van der Waals surface area (Å²) in [5.41, 5.74) is 0. The Hall–Kier alpha value is -0.0900. The molecule has 0 spiro atoms. The SMILES string of the molecule is CCCC/C=C/CCCCCN(CCCCC/C=C/CCCC)CC(=O)[O-].[Na+]. The largest absolute Gasteiger partial charge is 1.00 e. The molecule has 0 aliphatic carbocycles. The summed E-state index contributed by atoms with van der Waals surface area (Å²) in [4.78, 5) is 13.0. The molecule has 0 radical (unpaired) electrons. The fourth-order valence-electron chi connectivity index (χ4n) is 3.12. The third-order valence-electron chi connectivity index (χ3n) is 4.82. The first kappa shape index (κ1) is 30.1. The number of nitrogens with zero attached hydrogens (tertiary/aromatic N) is 1. The summed E-state index contributed by atoms with van der Waals surface area (Å²) in [5.74, 6) is -0.951. The smallest absolute Gasteiger partial charge is 0.549 e. The molecule has 0 heterocycles. The molecular weight excluding hydrogens is 357 g/mol. The van der Waals surface area contributed by atoms with Crippen LogP contribution in [0.1, 0.15) is 104 Å². The third kappa shape index (κ3) is 23.9. The van der Waals surface area contributed by atoms with E-state index in [-0.39, 0.29) is 36.1 Å². The van der Waals surface area contributed by atoms with Gasteiger partial charge in [0.1, 0.15) is 0 Å². The van der Waals surface area contributed by atoms with Crippen molar-refractivity contribution in [3.63, 3.8) is 0 Å². The van der Waals surface area contributed by atoms with E-state index in [2.05, 4.69) is 43.1 Å². The number of carboxylic acids is 1. The average Bonchev–Trinajstić information content (AvgIpc) is 2.64. The fraction of sp³-hybridized carbons (Fsp3) is 0.792. The van der Waals surface area contributed by atoms with Gasteiger partial charge in [0.25, 0.3) is 0 Å². The molecule has 158 valence electrons. The maximum absolute atomic E-state index is 11.0. The summed E-state index contributed by atoms with van der Waals surface area (Å²) in [6.45, 7) is 6.28. The molecule has 0 aromatic carbocycles. The van der Waals surface area contributed by atoms with Gasteiger partial charge in [0.05, 0.1) is 5.97 Å². The molecule has 28 heavy (non-hydrogen) atoms. The maximum Gasteiger partial charge on any atom is 1.00 e. The number of hydrogen-bond acceptors (Lipinski definition) is 3. The summed E-state index contributed by atoms with van der Waals surface area (Å²) in [5, 5.41) is 11.0. The van der Waals surface area contributed by atoms with Crippen molar-refractivity contribution >= 4 is 5.97 Å². The second-order valence-electron chi connectivity index (χ2n) is 7.57. The third-order valence-corrected chi connectivity index (χ3v) is 4.82. The molecule has 0 atom stereocenters. The topological polar surface area (TPSA) is 43.4 Å². The second-order valence-corrected chi connectivity index (χ2v) is 7.57. The van der Waals surface area contributed by atoms with Crippen LogP contribution in [0.3, 0.4) is 0 Å². The van der Waals surface area contributed by atoms with Crippen LogP contribution >= 0.6 is 0 Å². The van der Waals surface area contributed by atoms with Crippen molar-refractivity contribution in [3.8, 4) is 0 Å². The van der Waals surface area contributed by atoms with Gasteiger partial charge in [-0.05, 0) is 64.5 Å². The first-order valence-corrected chi connectivity index (χ1v) is 11.4. The first-order chi connectivity index (χ1) is 13.2. The standard InChI is InChI=1S/C24H45NO2.Na/c1-3-5-7-9-11-13-15-17-19-21-25(23-24(26)27)22-20-18-16-14-12-10-8-6-4-2;/h9-12H,3-8,13-23H2,1-2H3,(H,26,27);/q;+1/p-1/b11-9+,12-10+;. The Kier molecular flexibility index (Phi) is 26.8. The van der Waals surface area contributed by atoms with Gasteiger partial charge in [-0.25, -0.2) is 0 Å². The van der Waals surface area contributed by atoms with Crippen LogP contribution < -0.4 is 34.7 Å². The molecule has 0 bridgehead atoms. The van der Waals surface area contributed by atoms with Crippen molar-refractivity contribution in [3.05, 3.63) is 24.3 Å². The van der Waals surface area contributed by atoms with E-state index in [1.54, 1.807) is 0 Å².